The summed E-state index contributed by atoms with van der Waals surface area (Å²) in [5.41, 5.74) is -0.0266. The average Bonchev–Trinajstić information content (AvgIpc) is 3.25. The highest BCUT2D eigenvalue weighted by Gasteiger charge is 2.43. The highest BCUT2D eigenvalue weighted by atomic mass is 19.1. The van der Waals surface area contributed by atoms with Crippen LogP contribution in [0.3, 0.4) is 0 Å². The maximum absolute atomic E-state index is 14.9. The molecule has 0 amide bonds. The van der Waals surface area contributed by atoms with Crippen molar-refractivity contribution >= 4 is 5.82 Å². The SMILES string of the molecule is CN(c1cnc(-c2cc(F)c(-c3ccn(CF)c(=O)c3)cc2O)cn1)[C@@H]1C[C@H]2CC[C@H](N2)[C@@H]1F. The second-order valence-corrected chi connectivity index (χ2v) is 8.86. The fourth-order valence-corrected chi connectivity index (χ4v) is 4.92. The average molecular weight is 471 g/mol. The molecule has 4 heterocycles. The predicted octanol–water partition coefficient (Wildman–Crippen LogP) is 3.41. The first-order chi connectivity index (χ1) is 16.4. The van der Waals surface area contributed by atoms with E-state index >= 15 is 0 Å². The standard InChI is InChI=1S/C24H24F3N5O2/c1-31(20-7-14-2-3-18(30-14)24(20)27)22-11-28-19(10-29-22)16-8-17(26)15(9-21(16)33)13-4-5-32(12-25)23(34)6-13/h4-6,8-11,14,18,20,24,30,33H,2-3,7,12H2,1H3/t14-,18+,20-,24+/m1/s1. The van der Waals surface area contributed by atoms with Crippen LogP contribution in [0.1, 0.15) is 19.3 Å². The number of phenols is 1. The lowest BCUT2D eigenvalue weighted by atomic mass is 9.96. The second kappa shape index (κ2) is 8.75. The van der Waals surface area contributed by atoms with Gasteiger partial charge in [0.2, 0.25) is 0 Å². The quantitative estimate of drug-likeness (QED) is 0.594. The molecule has 2 N–H and O–H groups in total. The molecule has 4 atom stereocenters. The van der Waals surface area contributed by atoms with Crippen molar-refractivity contribution in [3.05, 3.63) is 59.0 Å². The van der Waals surface area contributed by atoms with Gasteiger partial charge >= 0.3 is 0 Å². The molecular weight excluding hydrogens is 447 g/mol. The number of benzene rings is 1. The third-order valence-corrected chi connectivity index (χ3v) is 6.85. The van der Waals surface area contributed by atoms with Crippen molar-refractivity contribution in [3.63, 3.8) is 0 Å². The van der Waals surface area contributed by atoms with Gasteiger partial charge in [-0.15, -0.1) is 0 Å². The predicted molar refractivity (Wildman–Crippen MR) is 122 cm³/mol. The molecule has 0 aliphatic carbocycles. The van der Waals surface area contributed by atoms with Gasteiger partial charge in [0.1, 0.15) is 23.6 Å². The van der Waals surface area contributed by atoms with E-state index in [0.717, 1.165) is 29.5 Å². The van der Waals surface area contributed by atoms with Crippen LogP contribution < -0.4 is 15.8 Å². The lowest BCUT2D eigenvalue weighted by Crippen LogP contribution is -2.55. The summed E-state index contributed by atoms with van der Waals surface area (Å²) in [6, 6.07) is 4.67. The number of piperidine rings is 1. The Morgan fingerprint density at radius 2 is 2.03 bits per heavy atom. The maximum atomic E-state index is 14.9. The second-order valence-electron chi connectivity index (χ2n) is 8.86. The van der Waals surface area contributed by atoms with Gasteiger partial charge in [-0.2, -0.15) is 0 Å². The minimum Gasteiger partial charge on any atom is -0.507 e. The van der Waals surface area contributed by atoms with E-state index < -0.39 is 24.3 Å². The Balaban J connectivity index is 1.39. The molecule has 2 saturated heterocycles. The number of anilines is 1. The first-order valence-corrected chi connectivity index (χ1v) is 11.1. The highest BCUT2D eigenvalue weighted by Crippen LogP contribution is 2.36. The molecule has 0 spiro atoms. The van der Waals surface area contributed by atoms with Gasteiger partial charge in [0.25, 0.3) is 5.56 Å². The molecule has 5 rings (SSSR count). The summed E-state index contributed by atoms with van der Waals surface area (Å²) in [4.78, 5) is 22.4. The summed E-state index contributed by atoms with van der Waals surface area (Å²) in [7, 11) is 1.79. The van der Waals surface area contributed by atoms with Crippen LogP contribution in [0, 0.1) is 5.82 Å². The number of nitrogens with zero attached hydrogens (tertiary/aromatic N) is 4. The first kappa shape index (κ1) is 22.4. The Labute approximate surface area is 193 Å². The number of aromatic hydroxyl groups is 1. The third-order valence-electron chi connectivity index (χ3n) is 6.85. The number of halogens is 3. The summed E-state index contributed by atoms with van der Waals surface area (Å²) in [5, 5.41) is 13.8. The van der Waals surface area contributed by atoms with Crippen molar-refractivity contribution in [2.75, 3.05) is 11.9 Å². The van der Waals surface area contributed by atoms with Crippen molar-refractivity contribution in [3.8, 4) is 28.1 Å². The number of alkyl halides is 2. The molecular formula is C24H24F3N5O2. The third kappa shape index (κ3) is 3.91. The first-order valence-electron chi connectivity index (χ1n) is 11.1. The van der Waals surface area contributed by atoms with Gasteiger partial charge in [0, 0.05) is 42.5 Å². The van der Waals surface area contributed by atoms with Crippen LogP contribution in [0.15, 0.2) is 47.7 Å². The molecule has 2 aliphatic heterocycles. The Hall–Kier alpha value is -3.40. The summed E-state index contributed by atoms with van der Waals surface area (Å²) < 4.78 is 43.4. The molecule has 3 aromatic rings. The zero-order valence-electron chi connectivity index (χ0n) is 18.5. The molecule has 7 nitrogen and oxygen atoms in total. The molecule has 178 valence electrons. The van der Waals surface area contributed by atoms with E-state index in [1.54, 1.807) is 11.9 Å². The molecule has 34 heavy (non-hydrogen) atoms. The number of pyridine rings is 1. The maximum Gasteiger partial charge on any atom is 0.253 e. The van der Waals surface area contributed by atoms with Crippen LogP contribution >= 0.6 is 0 Å². The van der Waals surface area contributed by atoms with Crippen molar-refractivity contribution < 1.29 is 18.3 Å². The summed E-state index contributed by atoms with van der Waals surface area (Å²) in [6.07, 6.45) is 5.58. The number of aromatic nitrogens is 3. The molecule has 0 unspecified atom stereocenters. The number of rotatable bonds is 5. The fraction of sp³-hybridized carbons (Fsp3) is 0.375. The van der Waals surface area contributed by atoms with E-state index in [1.807, 2.05) is 0 Å². The zero-order valence-corrected chi connectivity index (χ0v) is 18.5. The molecule has 2 aliphatic rings. The lowest BCUT2D eigenvalue weighted by Gasteiger charge is -2.38. The number of nitrogens with one attached hydrogen (secondary N) is 1. The Bertz CT molecular complexity index is 1270. The zero-order chi connectivity index (χ0) is 24.0. The number of hydrogen-bond donors (Lipinski definition) is 2. The molecule has 1 aromatic carbocycles. The largest absolute Gasteiger partial charge is 0.507 e. The smallest absolute Gasteiger partial charge is 0.253 e. The number of phenolic OH excluding ortho intramolecular Hbond substituents is 1. The molecule has 2 fully saturated rings. The summed E-state index contributed by atoms with van der Waals surface area (Å²) in [5.74, 6) is -0.443. The Kier molecular flexibility index (Phi) is 5.76. The van der Waals surface area contributed by atoms with Gasteiger partial charge in [-0.25, -0.2) is 18.2 Å². The van der Waals surface area contributed by atoms with Crippen LogP contribution in [0.2, 0.25) is 0 Å². The van der Waals surface area contributed by atoms with E-state index in [9.17, 15) is 23.1 Å². The normalized spacial score (nSPS) is 23.8. The molecule has 2 aromatic heterocycles. The van der Waals surface area contributed by atoms with E-state index in [-0.39, 0.29) is 40.2 Å². The summed E-state index contributed by atoms with van der Waals surface area (Å²) >= 11 is 0. The van der Waals surface area contributed by atoms with Gasteiger partial charge in [0.15, 0.2) is 6.80 Å². The van der Waals surface area contributed by atoms with Crippen molar-refractivity contribution in [1.29, 1.82) is 0 Å². The number of fused-ring (bicyclic) bond motifs is 2. The van der Waals surface area contributed by atoms with Crippen molar-refractivity contribution in [2.24, 2.45) is 0 Å². The number of hydrogen-bond acceptors (Lipinski definition) is 6. The lowest BCUT2D eigenvalue weighted by molar-refractivity contribution is 0.176. The van der Waals surface area contributed by atoms with E-state index in [0.29, 0.717) is 18.3 Å². The van der Waals surface area contributed by atoms with E-state index in [1.165, 1.54) is 30.7 Å². The molecule has 0 saturated carbocycles. The molecule has 2 bridgehead atoms. The Morgan fingerprint density at radius 3 is 2.74 bits per heavy atom. The van der Waals surface area contributed by atoms with E-state index in [4.69, 9.17) is 0 Å². The van der Waals surface area contributed by atoms with E-state index in [2.05, 4.69) is 15.3 Å². The van der Waals surface area contributed by atoms with Crippen LogP contribution in [-0.4, -0.2) is 51.0 Å². The van der Waals surface area contributed by atoms with Gasteiger partial charge in [-0.1, -0.05) is 0 Å². The van der Waals surface area contributed by atoms with Gasteiger partial charge in [-0.3, -0.25) is 14.3 Å². The topological polar surface area (TPSA) is 83.3 Å². The summed E-state index contributed by atoms with van der Waals surface area (Å²) in [6.45, 7) is -0.986. The van der Waals surface area contributed by atoms with Gasteiger partial charge < -0.3 is 15.3 Å². The fourth-order valence-electron chi connectivity index (χ4n) is 4.92. The van der Waals surface area contributed by atoms with Gasteiger partial charge in [0.05, 0.1) is 24.1 Å². The minimum atomic E-state index is -1.01. The van der Waals surface area contributed by atoms with Crippen LogP contribution in [-0.2, 0) is 6.80 Å². The van der Waals surface area contributed by atoms with Crippen molar-refractivity contribution in [1.82, 2.24) is 19.9 Å². The molecule has 0 radical (unpaired) electrons. The van der Waals surface area contributed by atoms with Crippen LogP contribution in [0.25, 0.3) is 22.4 Å². The minimum absolute atomic E-state index is 0.00296. The van der Waals surface area contributed by atoms with Crippen LogP contribution in [0.5, 0.6) is 5.75 Å². The van der Waals surface area contributed by atoms with Crippen molar-refractivity contribution in [2.45, 2.75) is 50.4 Å². The monoisotopic (exact) mass is 471 g/mol. The molecule has 10 heteroatoms. The Morgan fingerprint density at radius 1 is 1.21 bits per heavy atom. The highest BCUT2D eigenvalue weighted by molar-refractivity contribution is 5.74. The van der Waals surface area contributed by atoms with Crippen LogP contribution in [0.4, 0.5) is 19.0 Å². The van der Waals surface area contributed by atoms with Gasteiger partial charge in [-0.05, 0) is 43.0 Å².